The summed E-state index contributed by atoms with van der Waals surface area (Å²) in [4.78, 5) is 38.9. The van der Waals surface area contributed by atoms with Gasteiger partial charge in [-0.25, -0.2) is 4.79 Å². The number of hydrogen-bond donors (Lipinski definition) is 2. The Kier molecular flexibility index (Phi) is 4.80. The van der Waals surface area contributed by atoms with Gasteiger partial charge >= 0.3 is 6.03 Å². The highest BCUT2D eigenvalue weighted by atomic mass is 32.2. The van der Waals surface area contributed by atoms with Crippen LogP contribution in [0.3, 0.4) is 0 Å². The van der Waals surface area contributed by atoms with Crippen molar-refractivity contribution in [3.8, 4) is 0 Å². The van der Waals surface area contributed by atoms with Crippen molar-refractivity contribution in [2.24, 2.45) is 0 Å². The Hall–Kier alpha value is -2.02. The molecule has 1 aromatic carbocycles. The molecule has 1 heterocycles. The lowest BCUT2D eigenvalue weighted by atomic mass is 9.98. The number of thioether (sulfide) groups is 1. The molecule has 4 amide bonds. The number of imide groups is 1. The molecule has 1 saturated carbocycles. The van der Waals surface area contributed by atoms with Gasteiger partial charge in [-0.05, 0) is 43.4 Å². The van der Waals surface area contributed by atoms with E-state index in [2.05, 4.69) is 10.6 Å². The Labute approximate surface area is 145 Å². The minimum atomic E-state index is -0.707. The second-order valence-electron chi connectivity index (χ2n) is 6.20. The molecule has 7 heteroatoms. The third-order valence-electron chi connectivity index (χ3n) is 4.64. The van der Waals surface area contributed by atoms with Gasteiger partial charge in [0.05, 0.1) is 0 Å². The van der Waals surface area contributed by atoms with Gasteiger partial charge in [-0.1, -0.05) is 12.8 Å². The van der Waals surface area contributed by atoms with E-state index >= 15 is 0 Å². The first-order chi connectivity index (χ1) is 11.5. The maximum absolute atomic E-state index is 12.5. The van der Waals surface area contributed by atoms with Crippen LogP contribution < -0.4 is 10.6 Å². The average Bonchev–Trinajstić information content (AvgIpc) is 3.13. The SMILES string of the molecule is CSc1ccc(NC(=O)CCN2C(=O)NC3(CCCC3)C2=O)cc1. The molecule has 1 saturated heterocycles. The van der Waals surface area contributed by atoms with Crippen LogP contribution in [-0.2, 0) is 9.59 Å². The van der Waals surface area contributed by atoms with Crippen molar-refractivity contribution in [2.75, 3.05) is 18.1 Å². The first-order valence-electron chi connectivity index (χ1n) is 8.12. The highest BCUT2D eigenvalue weighted by molar-refractivity contribution is 7.98. The lowest BCUT2D eigenvalue weighted by Crippen LogP contribution is -2.44. The van der Waals surface area contributed by atoms with E-state index in [0.29, 0.717) is 18.5 Å². The summed E-state index contributed by atoms with van der Waals surface area (Å²) in [6.45, 7) is 0.112. The first kappa shape index (κ1) is 16.8. The molecule has 24 heavy (non-hydrogen) atoms. The van der Waals surface area contributed by atoms with E-state index in [-0.39, 0.29) is 30.8 Å². The number of rotatable bonds is 5. The molecule has 6 nitrogen and oxygen atoms in total. The van der Waals surface area contributed by atoms with Gasteiger partial charge in [0.25, 0.3) is 5.91 Å². The summed E-state index contributed by atoms with van der Waals surface area (Å²) in [5.41, 5.74) is 0.00330. The molecule has 1 aliphatic heterocycles. The molecule has 0 bridgehead atoms. The maximum atomic E-state index is 12.5. The molecule has 3 rings (SSSR count). The molecule has 0 atom stereocenters. The second kappa shape index (κ2) is 6.84. The van der Waals surface area contributed by atoms with Gasteiger partial charge in [-0.3, -0.25) is 14.5 Å². The van der Waals surface area contributed by atoms with Gasteiger partial charge in [0.15, 0.2) is 0 Å². The molecule has 2 aliphatic rings. The molecule has 0 radical (unpaired) electrons. The summed E-state index contributed by atoms with van der Waals surface area (Å²) in [6, 6.07) is 7.16. The van der Waals surface area contributed by atoms with Crippen LogP contribution >= 0.6 is 11.8 Å². The number of carbonyl (C=O) groups excluding carboxylic acids is 3. The molecular formula is C17H21N3O3S. The zero-order valence-corrected chi connectivity index (χ0v) is 14.4. The zero-order valence-electron chi connectivity index (χ0n) is 13.6. The van der Waals surface area contributed by atoms with E-state index in [9.17, 15) is 14.4 Å². The van der Waals surface area contributed by atoms with Crippen LogP contribution in [0.25, 0.3) is 0 Å². The topological polar surface area (TPSA) is 78.5 Å². The molecule has 0 unspecified atom stereocenters. The summed E-state index contributed by atoms with van der Waals surface area (Å²) in [5, 5.41) is 5.61. The summed E-state index contributed by atoms with van der Waals surface area (Å²) < 4.78 is 0. The predicted octanol–water partition coefficient (Wildman–Crippen LogP) is 2.60. The third-order valence-corrected chi connectivity index (χ3v) is 5.38. The predicted molar refractivity (Wildman–Crippen MR) is 92.9 cm³/mol. The number of anilines is 1. The molecule has 128 valence electrons. The number of benzene rings is 1. The highest BCUT2D eigenvalue weighted by Gasteiger charge is 2.52. The van der Waals surface area contributed by atoms with Crippen LogP contribution in [0.1, 0.15) is 32.1 Å². The lowest BCUT2D eigenvalue weighted by molar-refractivity contribution is -0.131. The van der Waals surface area contributed by atoms with E-state index in [1.807, 2.05) is 30.5 Å². The van der Waals surface area contributed by atoms with Crippen LogP contribution in [0.15, 0.2) is 29.2 Å². The average molecular weight is 347 g/mol. The Morgan fingerprint density at radius 2 is 1.92 bits per heavy atom. The summed E-state index contributed by atoms with van der Waals surface area (Å²) >= 11 is 1.63. The third kappa shape index (κ3) is 3.26. The normalized spacial score (nSPS) is 19.0. The molecule has 0 aromatic heterocycles. The van der Waals surface area contributed by atoms with E-state index in [1.54, 1.807) is 11.8 Å². The number of hydrogen-bond acceptors (Lipinski definition) is 4. The van der Waals surface area contributed by atoms with Crippen molar-refractivity contribution >= 4 is 35.3 Å². The van der Waals surface area contributed by atoms with Gasteiger partial charge in [-0.2, -0.15) is 0 Å². The van der Waals surface area contributed by atoms with Crippen molar-refractivity contribution < 1.29 is 14.4 Å². The van der Waals surface area contributed by atoms with Crippen molar-refractivity contribution in [1.82, 2.24) is 10.2 Å². The van der Waals surface area contributed by atoms with Crippen LogP contribution in [-0.4, -0.2) is 41.1 Å². The Balaban J connectivity index is 1.54. The highest BCUT2D eigenvalue weighted by Crippen LogP contribution is 2.35. The van der Waals surface area contributed by atoms with Gasteiger partial charge in [0.2, 0.25) is 5.91 Å². The number of carbonyl (C=O) groups is 3. The quantitative estimate of drug-likeness (QED) is 0.634. The molecular weight excluding hydrogens is 326 g/mol. The smallest absolute Gasteiger partial charge is 0.325 e. The van der Waals surface area contributed by atoms with Crippen molar-refractivity contribution in [3.05, 3.63) is 24.3 Å². The second-order valence-corrected chi connectivity index (χ2v) is 7.08. The Bertz CT molecular complexity index is 654. The van der Waals surface area contributed by atoms with Crippen LogP contribution in [0.2, 0.25) is 0 Å². The molecule has 1 aromatic rings. The molecule has 1 aliphatic carbocycles. The minimum absolute atomic E-state index is 0.0967. The number of nitrogens with zero attached hydrogens (tertiary/aromatic N) is 1. The van der Waals surface area contributed by atoms with E-state index in [4.69, 9.17) is 0 Å². The van der Waals surface area contributed by atoms with Gasteiger partial charge < -0.3 is 10.6 Å². The van der Waals surface area contributed by atoms with E-state index < -0.39 is 5.54 Å². The van der Waals surface area contributed by atoms with E-state index in [0.717, 1.165) is 17.7 Å². The van der Waals surface area contributed by atoms with Crippen LogP contribution in [0, 0.1) is 0 Å². The largest absolute Gasteiger partial charge is 0.326 e. The van der Waals surface area contributed by atoms with Gasteiger partial charge in [0.1, 0.15) is 5.54 Å². The Morgan fingerprint density at radius 1 is 1.25 bits per heavy atom. The number of amides is 4. The zero-order chi connectivity index (χ0) is 17.2. The molecule has 2 N–H and O–H groups in total. The molecule has 1 spiro atoms. The van der Waals surface area contributed by atoms with Gasteiger partial charge in [0, 0.05) is 23.5 Å². The van der Waals surface area contributed by atoms with Crippen molar-refractivity contribution in [3.63, 3.8) is 0 Å². The Morgan fingerprint density at radius 3 is 2.54 bits per heavy atom. The van der Waals surface area contributed by atoms with Crippen LogP contribution in [0.5, 0.6) is 0 Å². The van der Waals surface area contributed by atoms with Crippen LogP contribution in [0.4, 0.5) is 10.5 Å². The fourth-order valence-electron chi connectivity index (χ4n) is 3.31. The fourth-order valence-corrected chi connectivity index (χ4v) is 3.72. The lowest BCUT2D eigenvalue weighted by Gasteiger charge is -2.19. The first-order valence-corrected chi connectivity index (χ1v) is 9.34. The number of urea groups is 1. The number of nitrogens with one attached hydrogen (secondary N) is 2. The van der Waals surface area contributed by atoms with Crippen molar-refractivity contribution in [2.45, 2.75) is 42.5 Å². The molecule has 2 fully saturated rings. The van der Waals surface area contributed by atoms with Crippen molar-refractivity contribution in [1.29, 1.82) is 0 Å². The fraction of sp³-hybridized carbons (Fsp3) is 0.471. The van der Waals surface area contributed by atoms with E-state index in [1.165, 1.54) is 4.90 Å². The monoisotopic (exact) mass is 347 g/mol. The standard InChI is InChI=1S/C17H21N3O3S/c1-24-13-6-4-12(5-7-13)18-14(21)8-11-20-15(22)17(19-16(20)23)9-2-3-10-17/h4-7H,2-3,8-11H2,1H3,(H,18,21)(H,19,23). The summed E-state index contributed by atoms with van der Waals surface area (Å²) in [5.74, 6) is -0.387. The summed E-state index contributed by atoms with van der Waals surface area (Å²) in [6.07, 6.45) is 5.38. The summed E-state index contributed by atoms with van der Waals surface area (Å²) in [7, 11) is 0. The maximum Gasteiger partial charge on any atom is 0.325 e. The van der Waals surface area contributed by atoms with Gasteiger partial charge in [-0.15, -0.1) is 11.8 Å². The minimum Gasteiger partial charge on any atom is -0.326 e.